The van der Waals surface area contributed by atoms with Gasteiger partial charge in [-0.3, -0.25) is 4.79 Å². The van der Waals surface area contributed by atoms with Crippen LogP contribution in [-0.2, 0) is 4.79 Å². The smallest absolute Gasteiger partial charge is 0.162 e. The molecule has 0 aliphatic heterocycles. The summed E-state index contributed by atoms with van der Waals surface area (Å²) in [6.07, 6.45) is 2.14. The maximum Gasteiger partial charge on any atom is 0.162 e. The lowest BCUT2D eigenvalue weighted by Crippen LogP contribution is -1.78. The first-order chi connectivity index (χ1) is 4.22. The van der Waals surface area contributed by atoms with Crippen LogP contribution in [0.25, 0.3) is 0 Å². The Hall–Kier alpha value is -0.0100. The van der Waals surface area contributed by atoms with Crippen LogP contribution in [0.1, 0.15) is 19.8 Å². The summed E-state index contributed by atoms with van der Waals surface area (Å²) in [4.78, 5) is 9.95. The molecule has 52 valence electrons. The molecule has 0 rings (SSSR count). The average Bonchev–Trinajstić information content (AvgIpc) is 1.87. The van der Waals surface area contributed by atoms with Crippen molar-refractivity contribution >= 4 is 29.5 Å². The number of hydrogen-bond donors (Lipinski definition) is 0. The van der Waals surface area contributed by atoms with Crippen LogP contribution in [0.5, 0.6) is 0 Å². The highest BCUT2D eigenvalue weighted by Crippen LogP contribution is 2.16. The number of carbonyl (C=O) groups is 1. The molecule has 0 aliphatic rings. The van der Waals surface area contributed by atoms with E-state index in [-0.39, 0.29) is 5.03 Å². The minimum Gasteiger partial charge on any atom is -0.297 e. The van der Waals surface area contributed by atoms with Crippen molar-refractivity contribution in [3.63, 3.8) is 0 Å². The normalized spacial score (nSPS) is 12.8. The van der Waals surface area contributed by atoms with E-state index >= 15 is 0 Å². The quantitative estimate of drug-likeness (QED) is 0.466. The molecule has 0 unspecified atom stereocenters. The van der Waals surface area contributed by atoms with Gasteiger partial charge in [-0.2, -0.15) is 0 Å². The highest BCUT2D eigenvalue weighted by molar-refractivity contribution is 6.45. The van der Waals surface area contributed by atoms with Crippen LogP contribution in [-0.4, -0.2) is 6.29 Å². The molecule has 0 N–H and O–H groups in total. The zero-order chi connectivity index (χ0) is 7.28. The standard InChI is InChI=1S/C6H8Cl2O/c1-2-3-5(7)6(8)4-9/h4H,2-3H2,1H3/b6-5+. The minimum absolute atomic E-state index is 0.124. The predicted molar refractivity (Wildman–Crippen MR) is 39.7 cm³/mol. The Morgan fingerprint density at radius 3 is 2.44 bits per heavy atom. The van der Waals surface area contributed by atoms with Crippen LogP contribution < -0.4 is 0 Å². The number of aldehydes is 1. The summed E-state index contributed by atoms with van der Waals surface area (Å²) in [7, 11) is 0. The van der Waals surface area contributed by atoms with E-state index in [2.05, 4.69) is 0 Å². The summed E-state index contributed by atoms with van der Waals surface area (Å²) in [5.74, 6) is 0. The number of hydrogen-bond acceptors (Lipinski definition) is 1. The highest BCUT2D eigenvalue weighted by atomic mass is 35.5. The van der Waals surface area contributed by atoms with E-state index in [9.17, 15) is 4.79 Å². The van der Waals surface area contributed by atoms with Crippen molar-refractivity contribution in [2.24, 2.45) is 0 Å². The molecule has 0 aromatic rings. The Kier molecular flexibility index (Phi) is 4.83. The maximum atomic E-state index is 9.95. The first-order valence-corrected chi connectivity index (χ1v) is 3.47. The van der Waals surface area contributed by atoms with Gasteiger partial charge in [-0.25, -0.2) is 0 Å². The summed E-state index contributed by atoms with van der Waals surface area (Å²) in [6, 6.07) is 0. The predicted octanol–water partition coefficient (Wildman–Crippen LogP) is 2.67. The fraction of sp³-hybridized carbons (Fsp3) is 0.500. The van der Waals surface area contributed by atoms with E-state index < -0.39 is 0 Å². The largest absolute Gasteiger partial charge is 0.297 e. The average molecular weight is 167 g/mol. The molecule has 0 saturated carbocycles. The Balaban J connectivity index is 3.93. The van der Waals surface area contributed by atoms with Crippen LogP contribution >= 0.6 is 23.2 Å². The molecule has 0 aliphatic carbocycles. The molecule has 0 fully saturated rings. The lowest BCUT2D eigenvalue weighted by atomic mass is 10.3. The number of halogens is 2. The second-order valence-corrected chi connectivity index (χ2v) is 2.48. The van der Waals surface area contributed by atoms with Crippen LogP contribution in [0.15, 0.2) is 10.1 Å². The van der Waals surface area contributed by atoms with Crippen molar-refractivity contribution < 1.29 is 4.79 Å². The summed E-state index contributed by atoms with van der Waals surface area (Å²) in [5.41, 5.74) is 0. The SMILES string of the molecule is CCC/C(Cl)=C(\Cl)C=O. The third kappa shape index (κ3) is 3.55. The van der Waals surface area contributed by atoms with E-state index in [4.69, 9.17) is 23.2 Å². The topological polar surface area (TPSA) is 17.1 Å². The van der Waals surface area contributed by atoms with E-state index in [0.29, 0.717) is 17.7 Å². The summed E-state index contributed by atoms with van der Waals surface area (Å²) in [5, 5.41) is 0.577. The number of allylic oxidation sites excluding steroid dienone is 2. The maximum absolute atomic E-state index is 9.95. The van der Waals surface area contributed by atoms with Gasteiger partial charge in [0.25, 0.3) is 0 Å². The Bertz CT molecular complexity index is 129. The molecule has 0 radical (unpaired) electrons. The van der Waals surface area contributed by atoms with Crippen molar-refractivity contribution in [1.82, 2.24) is 0 Å². The molecule has 0 atom stereocenters. The lowest BCUT2D eigenvalue weighted by Gasteiger charge is -1.92. The van der Waals surface area contributed by atoms with Gasteiger partial charge in [-0.05, 0) is 6.42 Å². The Labute approximate surface area is 64.6 Å². The van der Waals surface area contributed by atoms with Crippen LogP contribution in [0.4, 0.5) is 0 Å². The van der Waals surface area contributed by atoms with Gasteiger partial charge in [0, 0.05) is 5.03 Å². The third-order valence-electron chi connectivity index (χ3n) is 0.832. The van der Waals surface area contributed by atoms with Crippen molar-refractivity contribution in [3.8, 4) is 0 Å². The second kappa shape index (κ2) is 4.83. The molecule has 3 heteroatoms. The molecule has 0 amide bonds. The Morgan fingerprint density at radius 2 is 2.11 bits per heavy atom. The van der Waals surface area contributed by atoms with Crippen LogP contribution in [0.3, 0.4) is 0 Å². The molecular formula is C6H8Cl2O. The first kappa shape index (κ1) is 8.99. The summed E-state index contributed by atoms with van der Waals surface area (Å²) < 4.78 is 0. The fourth-order valence-corrected chi connectivity index (χ4v) is 0.731. The van der Waals surface area contributed by atoms with Crippen LogP contribution in [0.2, 0.25) is 0 Å². The zero-order valence-corrected chi connectivity index (χ0v) is 6.67. The van der Waals surface area contributed by atoms with E-state index in [1.165, 1.54) is 0 Å². The molecule has 1 nitrogen and oxygen atoms in total. The van der Waals surface area contributed by atoms with Crippen LogP contribution in [0, 0.1) is 0 Å². The molecule has 0 heterocycles. The van der Waals surface area contributed by atoms with Gasteiger partial charge in [-0.15, -0.1) is 0 Å². The zero-order valence-electron chi connectivity index (χ0n) is 5.16. The summed E-state index contributed by atoms with van der Waals surface area (Å²) in [6.45, 7) is 1.97. The second-order valence-electron chi connectivity index (χ2n) is 1.62. The van der Waals surface area contributed by atoms with Crippen molar-refractivity contribution in [3.05, 3.63) is 10.1 Å². The minimum atomic E-state index is 0.124. The third-order valence-corrected chi connectivity index (χ3v) is 1.64. The van der Waals surface area contributed by atoms with Crippen molar-refractivity contribution in [1.29, 1.82) is 0 Å². The van der Waals surface area contributed by atoms with Gasteiger partial charge in [0.1, 0.15) is 0 Å². The molecule has 0 bridgehead atoms. The van der Waals surface area contributed by atoms with Crippen molar-refractivity contribution in [2.45, 2.75) is 19.8 Å². The fourth-order valence-electron chi connectivity index (χ4n) is 0.403. The van der Waals surface area contributed by atoms with Gasteiger partial charge < -0.3 is 0 Å². The van der Waals surface area contributed by atoms with Gasteiger partial charge in [0.2, 0.25) is 0 Å². The van der Waals surface area contributed by atoms with Gasteiger partial charge in [0.05, 0.1) is 5.03 Å². The summed E-state index contributed by atoms with van der Waals surface area (Å²) >= 11 is 10.9. The Morgan fingerprint density at radius 1 is 1.56 bits per heavy atom. The number of rotatable bonds is 3. The van der Waals surface area contributed by atoms with Crippen molar-refractivity contribution in [2.75, 3.05) is 0 Å². The lowest BCUT2D eigenvalue weighted by molar-refractivity contribution is -0.104. The molecule has 0 aromatic carbocycles. The first-order valence-electron chi connectivity index (χ1n) is 2.71. The van der Waals surface area contributed by atoms with Gasteiger partial charge in [0.15, 0.2) is 6.29 Å². The van der Waals surface area contributed by atoms with E-state index in [1.807, 2.05) is 6.92 Å². The molecule has 0 aromatic heterocycles. The van der Waals surface area contributed by atoms with E-state index in [0.717, 1.165) is 6.42 Å². The monoisotopic (exact) mass is 166 g/mol. The number of carbonyl (C=O) groups excluding carboxylic acids is 1. The molecule has 0 spiro atoms. The highest BCUT2D eigenvalue weighted by Gasteiger charge is 1.97. The molecule has 0 saturated heterocycles. The van der Waals surface area contributed by atoms with E-state index in [1.54, 1.807) is 0 Å². The molecular weight excluding hydrogens is 159 g/mol. The van der Waals surface area contributed by atoms with Gasteiger partial charge >= 0.3 is 0 Å². The van der Waals surface area contributed by atoms with Gasteiger partial charge in [-0.1, -0.05) is 36.5 Å². The molecule has 9 heavy (non-hydrogen) atoms.